The molecule has 1 N–H and O–H groups in total. The SMILES string of the molecule is CNCC1(Cc2cc(F)ccc2C)CCCCC1. The van der Waals surface area contributed by atoms with Crippen molar-refractivity contribution in [1.82, 2.24) is 5.32 Å². The van der Waals surface area contributed by atoms with E-state index in [1.807, 2.05) is 13.1 Å². The molecule has 0 radical (unpaired) electrons. The summed E-state index contributed by atoms with van der Waals surface area (Å²) in [6, 6.07) is 5.19. The fraction of sp³-hybridized carbons (Fsp3) is 0.625. The highest BCUT2D eigenvalue weighted by atomic mass is 19.1. The van der Waals surface area contributed by atoms with Crippen LogP contribution in [0, 0.1) is 18.2 Å². The van der Waals surface area contributed by atoms with E-state index in [1.54, 1.807) is 12.1 Å². The van der Waals surface area contributed by atoms with Crippen LogP contribution in [-0.2, 0) is 6.42 Å². The van der Waals surface area contributed by atoms with Gasteiger partial charge in [-0.1, -0.05) is 25.3 Å². The Morgan fingerprint density at radius 3 is 2.61 bits per heavy atom. The Morgan fingerprint density at radius 2 is 1.94 bits per heavy atom. The molecule has 0 amide bonds. The van der Waals surface area contributed by atoms with Gasteiger partial charge < -0.3 is 5.32 Å². The first-order valence-electron chi connectivity index (χ1n) is 7.05. The zero-order valence-corrected chi connectivity index (χ0v) is 11.6. The molecule has 1 nitrogen and oxygen atoms in total. The van der Waals surface area contributed by atoms with Gasteiger partial charge in [-0.15, -0.1) is 0 Å². The van der Waals surface area contributed by atoms with Crippen molar-refractivity contribution in [3.8, 4) is 0 Å². The number of benzene rings is 1. The molecule has 1 saturated carbocycles. The van der Waals surface area contributed by atoms with Gasteiger partial charge in [0.2, 0.25) is 0 Å². The average Bonchev–Trinajstić information content (AvgIpc) is 2.35. The Balaban J connectivity index is 2.19. The van der Waals surface area contributed by atoms with Crippen molar-refractivity contribution >= 4 is 0 Å². The van der Waals surface area contributed by atoms with Crippen LogP contribution >= 0.6 is 0 Å². The second-order valence-corrected chi connectivity index (χ2v) is 5.84. The summed E-state index contributed by atoms with van der Waals surface area (Å²) in [6.45, 7) is 3.13. The first kappa shape index (κ1) is 13.5. The van der Waals surface area contributed by atoms with Gasteiger partial charge in [-0.05, 0) is 61.9 Å². The molecular weight excluding hydrogens is 225 g/mol. The van der Waals surface area contributed by atoms with Crippen molar-refractivity contribution in [2.24, 2.45) is 5.41 Å². The molecule has 2 heteroatoms. The second-order valence-electron chi connectivity index (χ2n) is 5.84. The molecule has 0 saturated heterocycles. The van der Waals surface area contributed by atoms with E-state index in [9.17, 15) is 4.39 Å². The zero-order valence-electron chi connectivity index (χ0n) is 11.6. The van der Waals surface area contributed by atoms with Crippen LogP contribution in [0.25, 0.3) is 0 Å². The molecule has 100 valence electrons. The number of hydrogen-bond donors (Lipinski definition) is 1. The van der Waals surface area contributed by atoms with Crippen LogP contribution in [0.2, 0.25) is 0 Å². The van der Waals surface area contributed by atoms with Crippen molar-refractivity contribution in [3.05, 3.63) is 35.1 Å². The smallest absolute Gasteiger partial charge is 0.123 e. The molecule has 2 rings (SSSR count). The summed E-state index contributed by atoms with van der Waals surface area (Å²) in [4.78, 5) is 0. The maximum Gasteiger partial charge on any atom is 0.123 e. The molecule has 1 fully saturated rings. The van der Waals surface area contributed by atoms with Crippen LogP contribution in [0.5, 0.6) is 0 Å². The van der Waals surface area contributed by atoms with E-state index in [-0.39, 0.29) is 5.82 Å². The standard InChI is InChI=1S/C16H24FN/c1-13-6-7-15(17)10-14(13)11-16(12-18-2)8-4-3-5-9-16/h6-7,10,18H,3-5,8-9,11-12H2,1-2H3. The quantitative estimate of drug-likeness (QED) is 0.854. The zero-order chi connectivity index (χ0) is 13.0. The molecule has 1 aliphatic rings. The Kier molecular flexibility index (Phi) is 4.39. The summed E-state index contributed by atoms with van der Waals surface area (Å²) in [6.07, 6.45) is 7.53. The third kappa shape index (κ3) is 3.11. The molecule has 18 heavy (non-hydrogen) atoms. The van der Waals surface area contributed by atoms with Gasteiger partial charge in [0.1, 0.15) is 5.82 Å². The molecule has 0 heterocycles. The van der Waals surface area contributed by atoms with Crippen LogP contribution in [0.3, 0.4) is 0 Å². The largest absolute Gasteiger partial charge is 0.319 e. The Bertz CT molecular complexity index is 389. The molecule has 0 bridgehead atoms. The first-order chi connectivity index (χ1) is 8.65. The lowest BCUT2D eigenvalue weighted by atomic mass is 9.70. The minimum atomic E-state index is -0.106. The average molecular weight is 249 g/mol. The van der Waals surface area contributed by atoms with Gasteiger partial charge in [0.05, 0.1) is 0 Å². The van der Waals surface area contributed by atoms with Crippen molar-refractivity contribution in [3.63, 3.8) is 0 Å². The van der Waals surface area contributed by atoms with Gasteiger partial charge in [-0.3, -0.25) is 0 Å². The second kappa shape index (κ2) is 5.83. The molecule has 0 aliphatic heterocycles. The Hall–Kier alpha value is -0.890. The van der Waals surface area contributed by atoms with Crippen LogP contribution in [-0.4, -0.2) is 13.6 Å². The van der Waals surface area contributed by atoms with Crippen molar-refractivity contribution in [2.45, 2.75) is 45.4 Å². The van der Waals surface area contributed by atoms with Gasteiger partial charge in [0, 0.05) is 6.54 Å². The van der Waals surface area contributed by atoms with Crippen molar-refractivity contribution in [1.29, 1.82) is 0 Å². The number of halogens is 1. The third-order valence-corrected chi connectivity index (χ3v) is 4.34. The summed E-state index contributed by atoms with van der Waals surface area (Å²) in [5, 5.41) is 3.34. The van der Waals surface area contributed by atoms with Gasteiger partial charge >= 0.3 is 0 Å². The molecule has 1 aromatic rings. The minimum Gasteiger partial charge on any atom is -0.319 e. The lowest BCUT2D eigenvalue weighted by Crippen LogP contribution is -2.36. The lowest BCUT2D eigenvalue weighted by Gasteiger charge is -2.38. The number of aryl methyl sites for hydroxylation is 1. The summed E-state index contributed by atoms with van der Waals surface area (Å²) in [5.74, 6) is -0.106. The van der Waals surface area contributed by atoms with Crippen LogP contribution in [0.1, 0.15) is 43.2 Å². The third-order valence-electron chi connectivity index (χ3n) is 4.34. The highest BCUT2D eigenvalue weighted by Crippen LogP contribution is 2.39. The van der Waals surface area contributed by atoms with Gasteiger partial charge in [0.25, 0.3) is 0 Å². The first-order valence-corrected chi connectivity index (χ1v) is 7.05. The Morgan fingerprint density at radius 1 is 1.22 bits per heavy atom. The molecular formula is C16H24FN. The van der Waals surface area contributed by atoms with Gasteiger partial charge in [-0.2, -0.15) is 0 Å². The molecule has 0 spiro atoms. The van der Waals surface area contributed by atoms with Crippen LogP contribution < -0.4 is 5.32 Å². The fourth-order valence-electron chi connectivity index (χ4n) is 3.33. The van der Waals surface area contributed by atoms with E-state index in [4.69, 9.17) is 0 Å². The summed E-state index contributed by atoms with van der Waals surface area (Å²) in [7, 11) is 2.02. The summed E-state index contributed by atoms with van der Waals surface area (Å²) >= 11 is 0. The highest BCUT2D eigenvalue weighted by Gasteiger charge is 2.31. The molecule has 0 atom stereocenters. The van der Waals surface area contributed by atoms with E-state index in [2.05, 4.69) is 12.2 Å². The number of rotatable bonds is 4. The fourth-order valence-corrected chi connectivity index (χ4v) is 3.33. The molecule has 0 aromatic heterocycles. The van der Waals surface area contributed by atoms with E-state index in [0.717, 1.165) is 13.0 Å². The maximum absolute atomic E-state index is 13.4. The highest BCUT2D eigenvalue weighted by molar-refractivity contribution is 5.28. The van der Waals surface area contributed by atoms with E-state index in [0.29, 0.717) is 5.41 Å². The Labute approximate surface area is 110 Å². The van der Waals surface area contributed by atoms with Crippen molar-refractivity contribution < 1.29 is 4.39 Å². The van der Waals surface area contributed by atoms with E-state index in [1.165, 1.54) is 43.2 Å². The normalized spacial score (nSPS) is 18.8. The number of hydrogen-bond acceptors (Lipinski definition) is 1. The van der Waals surface area contributed by atoms with E-state index < -0.39 is 0 Å². The summed E-state index contributed by atoms with van der Waals surface area (Å²) < 4.78 is 13.4. The topological polar surface area (TPSA) is 12.0 Å². The van der Waals surface area contributed by atoms with Gasteiger partial charge in [0.15, 0.2) is 0 Å². The van der Waals surface area contributed by atoms with Crippen LogP contribution in [0.15, 0.2) is 18.2 Å². The predicted molar refractivity (Wildman–Crippen MR) is 74.3 cm³/mol. The van der Waals surface area contributed by atoms with E-state index >= 15 is 0 Å². The van der Waals surface area contributed by atoms with Crippen LogP contribution in [0.4, 0.5) is 4.39 Å². The molecule has 0 unspecified atom stereocenters. The minimum absolute atomic E-state index is 0.106. The lowest BCUT2D eigenvalue weighted by molar-refractivity contribution is 0.184. The predicted octanol–water partition coefficient (Wildman–Crippen LogP) is 3.85. The van der Waals surface area contributed by atoms with Crippen molar-refractivity contribution in [2.75, 3.05) is 13.6 Å². The summed E-state index contributed by atoms with van der Waals surface area (Å²) in [5.41, 5.74) is 2.75. The number of nitrogens with one attached hydrogen (secondary N) is 1. The molecule has 1 aliphatic carbocycles. The maximum atomic E-state index is 13.4. The van der Waals surface area contributed by atoms with Gasteiger partial charge in [-0.25, -0.2) is 4.39 Å². The molecule has 1 aromatic carbocycles. The monoisotopic (exact) mass is 249 g/mol.